The Morgan fingerprint density at radius 3 is 2.45 bits per heavy atom. The Bertz CT molecular complexity index is 653. The zero-order valence-electron chi connectivity index (χ0n) is 10.7. The molecular weight excluding hydrogens is 340 g/mol. The zero-order valence-corrected chi connectivity index (χ0v) is 13.1. The number of hydrogen-bond acceptors (Lipinski definition) is 2. The molecule has 2 aromatic carbocycles. The Morgan fingerprint density at radius 2 is 1.80 bits per heavy atom. The summed E-state index contributed by atoms with van der Waals surface area (Å²) in [4.78, 5) is 11.9. The molecule has 0 saturated heterocycles. The highest BCUT2D eigenvalue weighted by molar-refractivity contribution is 9.10. The Morgan fingerprint density at radius 1 is 1.15 bits per heavy atom. The molecule has 0 atom stereocenters. The number of carbonyl (C=O) groups is 1. The molecule has 0 unspecified atom stereocenters. The zero-order chi connectivity index (χ0) is 14.5. The van der Waals surface area contributed by atoms with Crippen molar-refractivity contribution >= 4 is 39.1 Å². The lowest BCUT2D eigenvalue weighted by atomic mass is 10.1. The van der Waals surface area contributed by atoms with Crippen LogP contribution in [0.2, 0.25) is 5.02 Å². The number of nitrogens with one attached hydrogen (secondary N) is 1. The lowest BCUT2D eigenvalue weighted by Gasteiger charge is -2.04. The fraction of sp³-hybridized carbons (Fsp3) is 0.0667. The van der Waals surface area contributed by atoms with Crippen LogP contribution in [0, 0.1) is 0 Å². The average molecular weight is 352 g/mol. The maximum absolute atomic E-state index is 11.9. The summed E-state index contributed by atoms with van der Waals surface area (Å²) >= 11 is 9.33. The molecule has 20 heavy (non-hydrogen) atoms. The van der Waals surface area contributed by atoms with E-state index in [1.807, 2.05) is 31.2 Å². The van der Waals surface area contributed by atoms with E-state index in [4.69, 9.17) is 11.6 Å². The molecule has 0 heterocycles. The number of halogens is 2. The molecule has 0 aliphatic heterocycles. The minimum Gasteiger partial charge on any atom is -0.267 e. The first-order chi connectivity index (χ1) is 9.58. The third-order valence-corrected chi connectivity index (χ3v) is 3.56. The van der Waals surface area contributed by atoms with Gasteiger partial charge in [-0.05, 0) is 36.8 Å². The van der Waals surface area contributed by atoms with E-state index in [1.54, 1.807) is 24.3 Å². The van der Waals surface area contributed by atoms with Gasteiger partial charge in [0.1, 0.15) is 0 Å². The van der Waals surface area contributed by atoms with Crippen LogP contribution >= 0.6 is 27.5 Å². The van der Waals surface area contributed by atoms with E-state index < -0.39 is 0 Å². The fourth-order valence-corrected chi connectivity index (χ4v) is 2.08. The number of carbonyl (C=O) groups excluding carboxylic acids is 1. The number of rotatable bonds is 3. The molecule has 0 aliphatic carbocycles. The van der Waals surface area contributed by atoms with Gasteiger partial charge in [0.15, 0.2) is 0 Å². The SMILES string of the molecule is C/C(=N/NC(=O)c1ccccc1Cl)c1ccc(Br)cc1. The Kier molecular flexibility index (Phi) is 4.93. The van der Waals surface area contributed by atoms with Crippen LogP contribution in [0.5, 0.6) is 0 Å². The van der Waals surface area contributed by atoms with Crippen LogP contribution in [0.4, 0.5) is 0 Å². The number of amides is 1. The molecular formula is C15H12BrClN2O. The van der Waals surface area contributed by atoms with Crippen molar-refractivity contribution in [2.24, 2.45) is 5.10 Å². The van der Waals surface area contributed by atoms with E-state index in [9.17, 15) is 4.79 Å². The predicted molar refractivity (Wildman–Crippen MR) is 85.3 cm³/mol. The molecule has 2 rings (SSSR count). The van der Waals surface area contributed by atoms with Crippen LogP contribution in [0.15, 0.2) is 58.1 Å². The molecule has 0 bridgehead atoms. The highest BCUT2D eigenvalue weighted by atomic mass is 79.9. The van der Waals surface area contributed by atoms with E-state index in [0.717, 1.165) is 15.7 Å². The summed E-state index contributed by atoms with van der Waals surface area (Å²) in [5.74, 6) is -0.327. The van der Waals surface area contributed by atoms with Crippen LogP contribution in [0.1, 0.15) is 22.8 Å². The highest BCUT2D eigenvalue weighted by Gasteiger charge is 2.08. The third-order valence-electron chi connectivity index (χ3n) is 2.71. The van der Waals surface area contributed by atoms with Crippen LogP contribution in [-0.2, 0) is 0 Å². The second kappa shape index (κ2) is 6.68. The molecule has 0 aromatic heterocycles. The predicted octanol–water partition coefficient (Wildman–Crippen LogP) is 4.26. The highest BCUT2D eigenvalue weighted by Crippen LogP contribution is 2.14. The summed E-state index contributed by atoms with van der Waals surface area (Å²) in [7, 11) is 0. The van der Waals surface area contributed by atoms with Gasteiger partial charge in [-0.1, -0.05) is 51.8 Å². The number of hydrazone groups is 1. The summed E-state index contributed by atoms with van der Waals surface area (Å²) in [5, 5.41) is 4.49. The van der Waals surface area contributed by atoms with Crippen molar-refractivity contribution in [2.45, 2.75) is 6.92 Å². The molecule has 0 spiro atoms. The third kappa shape index (κ3) is 3.68. The van der Waals surface area contributed by atoms with Gasteiger partial charge in [-0.15, -0.1) is 0 Å². The summed E-state index contributed by atoms with van der Waals surface area (Å²) in [6.45, 7) is 1.83. The standard InChI is InChI=1S/C15H12BrClN2O/c1-10(11-6-8-12(16)9-7-11)18-19-15(20)13-4-2-3-5-14(13)17/h2-9H,1H3,(H,19,20)/b18-10-. The Balaban J connectivity index is 2.11. The smallest absolute Gasteiger partial charge is 0.267 e. The quantitative estimate of drug-likeness (QED) is 0.651. The molecule has 0 saturated carbocycles. The Hall–Kier alpha value is -1.65. The van der Waals surface area contributed by atoms with Gasteiger partial charge >= 0.3 is 0 Å². The first-order valence-electron chi connectivity index (χ1n) is 5.93. The molecule has 1 amide bonds. The van der Waals surface area contributed by atoms with Gasteiger partial charge in [-0.3, -0.25) is 4.79 Å². The first-order valence-corrected chi connectivity index (χ1v) is 7.10. The van der Waals surface area contributed by atoms with Crippen molar-refractivity contribution in [1.82, 2.24) is 5.43 Å². The molecule has 3 nitrogen and oxygen atoms in total. The topological polar surface area (TPSA) is 41.5 Å². The van der Waals surface area contributed by atoms with Gasteiger partial charge < -0.3 is 0 Å². The number of nitrogens with zero attached hydrogens (tertiary/aromatic N) is 1. The molecule has 5 heteroatoms. The van der Waals surface area contributed by atoms with Gasteiger partial charge in [0.25, 0.3) is 5.91 Å². The van der Waals surface area contributed by atoms with E-state index in [-0.39, 0.29) is 5.91 Å². The van der Waals surface area contributed by atoms with Crippen LogP contribution in [0.25, 0.3) is 0 Å². The second-order valence-corrected chi connectivity index (χ2v) is 5.45. The average Bonchev–Trinajstić information content (AvgIpc) is 2.45. The van der Waals surface area contributed by atoms with E-state index in [2.05, 4.69) is 26.5 Å². The largest absolute Gasteiger partial charge is 0.272 e. The summed E-state index contributed by atoms with van der Waals surface area (Å²) in [5.41, 5.74) is 4.57. The van der Waals surface area contributed by atoms with Crippen molar-refractivity contribution < 1.29 is 4.79 Å². The first kappa shape index (κ1) is 14.8. The minimum absolute atomic E-state index is 0.327. The molecule has 0 fully saturated rings. The van der Waals surface area contributed by atoms with Crippen molar-refractivity contribution in [2.75, 3.05) is 0 Å². The van der Waals surface area contributed by atoms with Gasteiger partial charge in [0, 0.05) is 4.47 Å². The maximum Gasteiger partial charge on any atom is 0.272 e. The maximum atomic E-state index is 11.9. The number of hydrogen-bond donors (Lipinski definition) is 1. The minimum atomic E-state index is -0.327. The molecule has 1 N–H and O–H groups in total. The summed E-state index contributed by atoms with van der Waals surface area (Å²) < 4.78 is 0.995. The number of benzene rings is 2. The van der Waals surface area contributed by atoms with Gasteiger partial charge in [0.05, 0.1) is 16.3 Å². The van der Waals surface area contributed by atoms with E-state index in [0.29, 0.717) is 10.6 Å². The van der Waals surface area contributed by atoms with E-state index >= 15 is 0 Å². The summed E-state index contributed by atoms with van der Waals surface area (Å²) in [6.07, 6.45) is 0. The molecule has 2 aromatic rings. The molecule has 0 aliphatic rings. The van der Waals surface area contributed by atoms with Gasteiger partial charge in [-0.25, -0.2) is 5.43 Å². The van der Waals surface area contributed by atoms with E-state index in [1.165, 1.54) is 0 Å². The molecule has 0 radical (unpaired) electrons. The van der Waals surface area contributed by atoms with Crippen LogP contribution in [-0.4, -0.2) is 11.6 Å². The van der Waals surface area contributed by atoms with Crippen molar-refractivity contribution in [3.05, 3.63) is 69.2 Å². The monoisotopic (exact) mass is 350 g/mol. The van der Waals surface area contributed by atoms with Crippen molar-refractivity contribution in [3.63, 3.8) is 0 Å². The van der Waals surface area contributed by atoms with Crippen LogP contribution in [0.3, 0.4) is 0 Å². The summed E-state index contributed by atoms with van der Waals surface area (Å²) in [6, 6.07) is 14.5. The Labute approximate surface area is 130 Å². The fourth-order valence-electron chi connectivity index (χ4n) is 1.60. The normalized spacial score (nSPS) is 11.2. The van der Waals surface area contributed by atoms with Crippen molar-refractivity contribution in [1.29, 1.82) is 0 Å². The lowest BCUT2D eigenvalue weighted by molar-refractivity contribution is 0.0955. The van der Waals surface area contributed by atoms with Crippen molar-refractivity contribution in [3.8, 4) is 0 Å². The van der Waals surface area contributed by atoms with Gasteiger partial charge in [0.2, 0.25) is 0 Å². The lowest BCUT2D eigenvalue weighted by Crippen LogP contribution is -2.19. The molecule has 102 valence electrons. The second-order valence-electron chi connectivity index (χ2n) is 4.12. The van der Waals surface area contributed by atoms with Gasteiger partial charge in [-0.2, -0.15) is 5.10 Å². The van der Waals surface area contributed by atoms with Crippen LogP contribution < -0.4 is 5.43 Å².